The third kappa shape index (κ3) is 126. The number of carbonyl (C=O) groups is 4. The van der Waals surface area contributed by atoms with Crippen LogP contribution >= 0.6 is 0 Å². The SMILES string of the molecule is CCCCCCCC/C=C\CCCCCCCC(=O)O.CCCCCCCC/C=C\CCCCCCCC(=O)O.CCCCCCCC/C=C\CCCCCCCC(=O)O.CCCCCCCC/C=C\CCCCCCCC(=O)O.[K+].[K+].[K+].[K+].[K+]. The van der Waals surface area contributed by atoms with Crippen LogP contribution in [0.3, 0.4) is 0 Å². The van der Waals surface area contributed by atoms with E-state index in [0.717, 1.165) is 51.4 Å². The molecule has 0 fully saturated rings. The Morgan fingerprint density at radius 3 is 0.412 bits per heavy atom. The number of rotatable bonds is 60. The molecule has 0 aromatic heterocycles. The zero-order valence-corrected chi connectivity index (χ0v) is 74.3. The van der Waals surface area contributed by atoms with Crippen LogP contribution in [-0.4, -0.2) is 44.3 Å². The summed E-state index contributed by atoms with van der Waals surface area (Å²) in [6, 6.07) is 0. The Balaban J connectivity index is -0.000000127. The number of allylic oxidation sites excluding steroid dienone is 8. The average Bonchev–Trinajstić information content (AvgIpc) is 3.43. The van der Waals surface area contributed by atoms with Crippen LogP contribution in [0.1, 0.15) is 387 Å². The van der Waals surface area contributed by atoms with Crippen molar-refractivity contribution in [2.75, 3.05) is 0 Å². The molecular formula is C72H136K5O8+5. The van der Waals surface area contributed by atoms with Gasteiger partial charge >= 0.3 is 281 Å². The number of aliphatic carboxylic acids is 4. The summed E-state index contributed by atoms with van der Waals surface area (Å²) in [5.41, 5.74) is 0. The first-order valence-electron chi connectivity index (χ1n) is 34.6. The number of carboxylic acids is 4. The fourth-order valence-electron chi connectivity index (χ4n) is 9.39. The maximum Gasteiger partial charge on any atom is 1.00 e. The minimum absolute atomic E-state index is 0. The van der Waals surface area contributed by atoms with E-state index in [1.807, 2.05) is 0 Å². The number of hydrogen-bond acceptors (Lipinski definition) is 4. The summed E-state index contributed by atoms with van der Waals surface area (Å²) in [5.74, 6) is -2.66. The van der Waals surface area contributed by atoms with E-state index in [-0.39, 0.29) is 257 Å². The summed E-state index contributed by atoms with van der Waals surface area (Å²) in [4.78, 5) is 41.3. The summed E-state index contributed by atoms with van der Waals surface area (Å²) in [6.07, 6.45) is 85.0. The van der Waals surface area contributed by atoms with Gasteiger partial charge in [0.15, 0.2) is 0 Å². The molecule has 0 aliphatic carbocycles. The molecule has 0 unspecified atom stereocenters. The van der Waals surface area contributed by atoms with Gasteiger partial charge in [-0.15, -0.1) is 0 Å². The van der Waals surface area contributed by atoms with Gasteiger partial charge in [0.25, 0.3) is 0 Å². The Labute approximate surface area is 741 Å². The Bertz CT molecular complexity index is 1160. The largest absolute Gasteiger partial charge is 1.00 e. The van der Waals surface area contributed by atoms with Gasteiger partial charge in [0, 0.05) is 25.7 Å². The van der Waals surface area contributed by atoms with E-state index in [4.69, 9.17) is 20.4 Å². The van der Waals surface area contributed by atoms with Crippen LogP contribution in [0, 0.1) is 0 Å². The van der Waals surface area contributed by atoms with Crippen LogP contribution < -0.4 is 257 Å². The van der Waals surface area contributed by atoms with Crippen LogP contribution in [0.2, 0.25) is 0 Å². The van der Waals surface area contributed by atoms with E-state index >= 15 is 0 Å². The molecule has 0 rings (SSSR count). The van der Waals surface area contributed by atoms with Crippen molar-refractivity contribution in [1.82, 2.24) is 0 Å². The molecular weight excluding hydrogens is 1190 g/mol. The van der Waals surface area contributed by atoms with Gasteiger partial charge in [-0.3, -0.25) is 19.2 Å². The first-order valence-corrected chi connectivity index (χ1v) is 34.6. The second kappa shape index (κ2) is 105. The van der Waals surface area contributed by atoms with Gasteiger partial charge in [-0.2, -0.15) is 0 Å². The Hall–Kier alpha value is 5.02. The minimum Gasteiger partial charge on any atom is -0.481 e. The second-order valence-corrected chi connectivity index (χ2v) is 22.9. The Kier molecular flexibility index (Phi) is 134. The van der Waals surface area contributed by atoms with Crippen LogP contribution in [0.4, 0.5) is 0 Å². The van der Waals surface area contributed by atoms with Gasteiger partial charge in [0.2, 0.25) is 0 Å². The first-order chi connectivity index (χ1) is 39.1. The van der Waals surface area contributed by atoms with Gasteiger partial charge < -0.3 is 20.4 Å². The molecule has 0 spiro atoms. The molecule has 85 heavy (non-hydrogen) atoms. The van der Waals surface area contributed by atoms with Crippen molar-refractivity contribution in [3.63, 3.8) is 0 Å². The Morgan fingerprint density at radius 1 is 0.188 bits per heavy atom. The van der Waals surface area contributed by atoms with E-state index in [2.05, 4.69) is 76.3 Å². The molecule has 0 saturated heterocycles. The summed E-state index contributed by atoms with van der Waals surface area (Å²) in [6.45, 7) is 9.04. The maximum atomic E-state index is 10.3. The minimum atomic E-state index is -0.664. The molecule has 13 heteroatoms. The van der Waals surface area contributed by atoms with Crippen molar-refractivity contribution in [2.45, 2.75) is 387 Å². The van der Waals surface area contributed by atoms with E-state index in [1.165, 1.54) is 283 Å². The van der Waals surface area contributed by atoms with Gasteiger partial charge in [0.05, 0.1) is 0 Å². The van der Waals surface area contributed by atoms with Crippen LogP contribution in [0.25, 0.3) is 0 Å². The van der Waals surface area contributed by atoms with Crippen LogP contribution in [0.15, 0.2) is 48.6 Å². The second-order valence-electron chi connectivity index (χ2n) is 22.9. The molecule has 0 heterocycles. The van der Waals surface area contributed by atoms with E-state index < -0.39 is 23.9 Å². The molecule has 0 aromatic carbocycles. The third-order valence-electron chi connectivity index (χ3n) is 14.6. The normalized spacial score (nSPS) is 10.6. The predicted molar refractivity (Wildman–Crippen MR) is 348 cm³/mol. The van der Waals surface area contributed by atoms with E-state index in [9.17, 15) is 19.2 Å². The number of unbranched alkanes of at least 4 members (excludes halogenated alkanes) is 44. The summed E-state index contributed by atoms with van der Waals surface area (Å²) in [7, 11) is 0. The number of hydrogen-bond donors (Lipinski definition) is 4. The van der Waals surface area contributed by atoms with Gasteiger partial charge in [-0.25, -0.2) is 0 Å². The Morgan fingerprint density at radius 2 is 0.294 bits per heavy atom. The zero-order chi connectivity index (χ0) is 59.6. The zero-order valence-electron chi connectivity index (χ0n) is 58.6. The van der Waals surface area contributed by atoms with Gasteiger partial charge in [0.1, 0.15) is 0 Å². The smallest absolute Gasteiger partial charge is 0.481 e. The van der Waals surface area contributed by atoms with Crippen LogP contribution in [0.5, 0.6) is 0 Å². The molecule has 0 bridgehead atoms. The third-order valence-corrected chi connectivity index (χ3v) is 14.6. The summed E-state index contributed by atoms with van der Waals surface area (Å²) < 4.78 is 0. The molecule has 0 atom stereocenters. The molecule has 0 aliphatic heterocycles. The van der Waals surface area contributed by atoms with E-state index in [0.29, 0.717) is 25.7 Å². The molecule has 0 saturated carbocycles. The monoisotopic (exact) mass is 1320 g/mol. The average molecular weight is 1330 g/mol. The van der Waals surface area contributed by atoms with Crippen molar-refractivity contribution >= 4 is 23.9 Å². The standard InChI is InChI=1S/4C18H34O2.5K/c4*1-2-3-4-5-6-7-8-9-10-11-12-13-14-15-16-17-18(19)20;;;;;/h4*9-10H,2-8,11-17H2,1H3,(H,19,20);;;;;/q;;;;5*+1/b4*10-9-;;;;;. The molecule has 0 radical (unpaired) electrons. The van der Waals surface area contributed by atoms with Crippen molar-refractivity contribution < 1.29 is 297 Å². The van der Waals surface area contributed by atoms with Crippen LogP contribution in [-0.2, 0) is 19.2 Å². The topological polar surface area (TPSA) is 149 Å². The van der Waals surface area contributed by atoms with E-state index in [1.54, 1.807) is 0 Å². The molecule has 472 valence electrons. The fraction of sp³-hybridized carbons (Fsp3) is 0.833. The molecule has 0 amide bonds. The molecule has 0 aliphatic rings. The predicted octanol–water partition coefficient (Wildman–Crippen LogP) is 9.45. The molecule has 4 N–H and O–H groups in total. The molecule has 0 aromatic rings. The summed E-state index contributed by atoms with van der Waals surface area (Å²) >= 11 is 0. The summed E-state index contributed by atoms with van der Waals surface area (Å²) in [5, 5.41) is 34.0. The van der Waals surface area contributed by atoms with Crippen molar-refractivity contribution in [3.8, 4) is 0 Å². The van der Waals surface area contributed by atoms with Crippen molar-refractivity contribution in [1.29, 1.82) is 0 Å². The molecule has 8 nitrogen and oxygen atoms in total. The first kappa shape index (κ1) is 109. The van der Waals surface area contributed by atoms with Gasteiger partial charge in [-0.1, -0.05) is 282 Å². The van der Waals surface area contributed by atoms with Gasteiger partial charge in [-0.05, 0) is 128 Å². The van der Waals surface area contributed by atoms with Crippen molar-refractivity contribution in [2.24, 2.45) is 0 Å². The van der Waals surface area contributed by atoms with Crippen molar-refractivity contribution in [3.05, 3.63) is 48.6 Å². The fourth-order valence-corrected chi connectivity index (χ4v) is 9.39. The quantitative estimate of drug-likeness (QED) is 0.0268. The number of carboxylic acid groups (broad SMARTS) is 4. The maximum absolute atomic E-state index is 10.3.